The Balaban J connectivity index is 2.56. The summed E-state index contributed by atoms with van der Waals surface area (Å²) < 4.78 is 33.9. The Hall–Kier alpha value is -1.82. The molecule has 0 spiro atoms. The second kappa shape index (κ2) is 7.82. The largest absolute Gasteiger partial charge is 0.405 e. The van der Waals surface area contributed by atoms with Gasteiger partial charge in [-0.15, -0.1) is 0 Å². The summed E-state index contributed by atoms with van der Waals surface area (Å²) in [7, 11) is -2.93. The number of aliphatic hydroxyl groups excluding tert-OH is 1. The van der Waals surface area contributed by atoms with Gasteiger partial charge in [0.15, 0.2) is 0 Å². The van der Waals surface area contributed by atoms with Gasteiger partial charge in [0.2, 0.25) is 0 Å². The van der Waals surface area contributed by atoms with Crippen molar-refractivity contribution in [3.8, 4) is 0 Å². The van der Waals surface area contributed by atoms with Gasteiger partial charge in [-0.1, -0.05) is 88.0 Å². The zero-order chi connectivity index (χ0) is 19.4. The number of rotatable bonds is 7. The van der Waals surface area contributed by atoms with Crippen molar-refractivity contribution in [1.82, 2.24) is 0 Å². The lowest BCUT2D eigenvalue weighted by Gasteiger charge is -2.43. The van der Waals surface area contributed by atoms with E-state index in [1.807, 2.05) is 60.7 Å². The van der Waals surface area contributed by atoms with Crippen LogP contribution in [0.15, 0.2) is 73.3 Å². The molecule has 140 valence electrons. The molecule has 2 aromatic carbocycles. The fraction of sp³-hybridized carbons (Fsp3) is 0.333. The molecule has 1 atom stereocenters. The van der Waals surface area contributed by atoms with Crippen molar-refractivity contribution in [2.45, 2.75) is 37.8 Å². The lowest BCUT2D eigenvalue weighted by Crippen LogP contribution is -2.67. The number of hydrogen-bond donors (Lipinski definition) is 1. The Morgan fingerprint density at radius 3 is 1.77 bits per heavy atom. The average Bonchev–Trinajstić information content (AvgIpc) is 2.62. The summed E-state index contributed by atoms with van der Waals surface area (Å²) in [6, 6.07) is 19.4. The molecule has 0 heterocycles. The van der Waals surface area contributed by atoms with Crippen molar-refractivity contribution in [2.24, 2.45) is 0 Å². The van der Waals surface area contributed by atoms with E-state index in [0.29, 0.717) is 6.08 Å². The molecule has 1 unspecified atom stereocenters. The molecule has 0 aliphatic carbocycles. The van der Waals surface area contributed by atoms with Crippen LogP contribution in [0.2, 0.25) is 5.04 Å². The van der Waals surface area contributed by atoms with Gasteiger partial charge in [0.1, 0.15) is 6.10 Å². The maximum Gasteiger partial charge on any atom is 0.293 e. The smallest absolute Gasteiger partial charge is 0.293 e. The van der Waals surface area contributed by atoms with Gasteiger partial charge in [-0.2, -0.15) is 8.78 Å². The molecule has 0 radical (unpaired) electrons. The highest BCUT2D eigenvalue weighted by Gasteiger charge is 2.51. The van der Waals surface area contributed by atoms with E-state index in [0.717, 1.165) is 10.4 Å². The van der Waals surface area contributed by atoms with Gasteiger partial charge < -0.3 is 9.53 Å². The minimum Gasteiger partial charge on any atom is -0.405 e. The monoisotopic (exact) mass is 376 g/mol. The summed E-state index contributed by atoms with van der Waals surface area (Å²) in [5.74, 6) is -3.40. The van der Waals surface area contributed by atoms with Gasteiger partial charge in [-0.05, 0) is 21.5 Å². The minimum absolute atomic E-state index is 0.334. The van der Waals surface area contributed by atoms with Gasteiger partial charge >= 0.3 is 0 Å². The predicted molar refractivity (Wildman–Crippen MR) is 105 cm³/mol. The first kappa shape index (κ1) is 20.5. The Labute approximate surface area is 155 Å². The topological polar surface area (TPSA) is 29.5 Å². The molecule has 0 saturated heterocycles. The van der Waals surface area contributed by atoms with Crippen molar-refractivity contribution in [3.05, 3.63) is 73.3 Å². The highest BCUT2D eigenvalue weighted by molar-refractivity contribution is 6.99. The fourth-order valence-electron chi connectivity index (χ4n) is 3.21. The molecule has 2 nitrogen and oxygen atoms in total. The molecule has 2 rings (SSSR count). The van der Waals surface area contributed by atoms with E-state index in [4.69, 9.17) is 4.43 Å². The van der Waals surface area contributed by atoms with Gasteiger partial charge in [-0.25, -0.2) is 0 Å². The molecule has 0 fully saturated rings. The second-order valence-electron chi connectivity index (χ2n) is 7.37. The summed E-state index contributed by atoms with van der Waals surface area (Å²) in [5, 5.41) is 11.6. The van der Waals surface area contributed by atoms with Gasteiger partial charge in [0, 0.05) is 0 Å². The van der Waals surface area contributed by atoms with Crippen LogP contribution in [0.1, 0.15) is 20.8 Å². The number of aliphatic hydroxyl groups is 1. The van der Waals surface area contributed by atoms with E-state index in [1.165, 1.54) is 0 Å². The molecule has 26 heavy (non-hydrogen) atoms. The first-order valence-electron chi connectivity index (χ1n) is 8.59. The van der Waals surface area contributed by atoms with Crippen LogP contribution in [0.25, 0.3) is 0 Å². The van der Waals surface area contributed by atoms with E-state index in [2.05, 4.69) is 27.4 Å². The van der Waals surface area contributed by atoms with Crippen LogP contribution >= 0.6 is 0 Å². The molecule has 0 amide bonds. The maximum absolute atomic E-state index is 13.8. The lowest BCUT2D eigenvalue weighted by molar-refractivity contribution is -0.0869. The molecule has 0 aliphatic rings. The van der Waals surface area contributed by atoms with E-state index in [-0.39, 0.29) is 5.04 Å². The molecule has 2 aromatic rings. The molecular formula is C21H26F2O2Si. The van der Waals surface area contributed by atoms with Crippen LogP contribution in [0.4, 0.5) is 8.78 Å². The van der Waals surface area contributed by atoms with Crippen molar-refractivity contribution in [1.29, 1.82) is 0 Å². The van der Waals surface area contributed by atoms with Gasteiger partial charge in [0.05, 0.1) is 6.61 Å². The normalized spacial score (nSPS) is 14.1. The van der Waals surface area contributed by atoms with Crippen LogP contribution in [-0.2, 0) is 4.43 Å². The maximum atomic E-state index is 13.8. The summed E-state index contributed by atoms with van der Waals surface area (Å²) in [6.45, 7) is 8.80. The molecule has 0 aliphatic heterocycles. The highest BCUT2D eigenvalue weighted by Crippen LogP contribution is 2.37. The number of halogens is 2. The zero-order valence-corrected chi connectivity index (χ0v) is 16.5. The van der Waals surface area contributed by atoms with Crippen molar-refractivity contribution >= 4 is 18.7 Å². The van der Waals surface area contributed by atoms with Crippen LogP contribution in [-0.4, -0.2) is 32.1 Å². The standard InChI is InChI=1S/C21H26F2O2Si/c1-5-21(22,23)19(24)16-25-26(20(2,3)4,17-12-8-6-9-13-17)18-14-10-7-11-15-18/h5-15,19,24H,1,16H2,2-4H3. The number of hydrogen-bond acceptors (Lipinski definition) is 2. The molecule has 0 bridgehead atoms. The predicted octanol–water partition coefficient (Wildman–Crippen LogP) is 3.75. The van der Waals surface area contributed by atoms with Gasteiger partial charge in [-0.3, -0.25) is 0 Å². The Morgan fingerprint density at radius 1 is 1.00 bits per heavy atom. The summed E-state index contributed by atoms with van der Waals surface area (Å²) in [6.07, 6.45) is -1.48. The fourth-order valence-corrected chi connectivity index (χ4v) is 7.78. The van der Waals surface area contributed by atoms with Crippen molar-refractivity contribution < 1.29 is 18.3 Å². The van der Waals surface area contributed by atoms with Crippen molar-refractivity contribution in [3.63, 3.8) is 0 Å². The third-order valence-electron chi connectivity index (χ3n) is 4.59. The van der Waals surface area contributed by atoms with E-state index < -0.39 is 27.0 Å². The van der Waals surface area contributed by atoms with Crippen LogP contribution in [0.5, 0.6) is 0 Å². The van der Waals surface area contributed by atoms with Crippen LogP contribution < -0.4 is 10.4 Å². The summed E-state index contributed by atoms with van der Waals surface area (Å²) >= 11 is 0. The van der Waals surface area contributed by atoms with Crippen LogP contribution in [0, 0.1) is 0 Å². The lowest BCUT2D eigenvalue weighted by atomic mass is 10.2. The molecule has 0 aromatic heterocycles. The number of alkyl halides is 2. The molecular weight excluding hydrogens is 350 g/mol. The summed E-state index contributed by atoms with van der Waals surface area (Å²) in [4.78, 5) is 0. The zero-order valence-electron chi connectivity index (χ0n) is 15.5. The van der Waals surface area contributed by atoms with Gasteiger partial charge in [0.25, 0.3) is 14.2 Å². The molecule has 1 N–H and O–H groups in total. The second-order valence-corrected chi connectivity index (χ2v) is 11.7. The first-order chi connectivity index (χ1) is 12.1. The van der Waals surface area contributed by atoms with Crippen molar-refractivity contribution in [2.75, 3.05) is 6.61 Å². The molecule has 0 saturated carbocycles. The highest BCUT2D eigenvalue weighted by atomic mass is 28.4. The minimum atomic E-state index is -3.40. The third kappa shape index (κ3) is 3.95. The Morgan fingerprint density at radius 2 is 1.42 bits per heavy atom. The Kier molecular flexibility index (Phi) is 6.16. The Bertz CT molecular complexity index is 672. The number of benzene rings is 2. The first-order valence-corrected chi connectivity index (χ1v) is 10.5. The van der Waals surface area contributed by atoms with E-state index in [9.17, 15) is 13.9 Å². The quantitative estimate of drug-likeness (QED) is 0.589. The van der Waals surface area contributed by atoms with E-state index >= 15 is 0 Å². The van der Waals surface area contributed by atoms with E-state index in [1.54, 1.807) is 0 Å². The summed E-state index contributed by atoms with van der Waals surface area (Å²) in [5.41, 5.74) is 0. The third-order valence-corrected chi connectivity index (χ3v) is 9.60. The average molecular weight is 377 g/mol. The molecule has 5 heteroatoms. The SMILES string of the molecule is C=CC(F)(F)C(O)CO[Si](c1ccccc1)(c1ccccc1)C(C)(C)C. The van der Waals surface area contributed by atoms with Crippen LogP contribution in [0.3, 0.4) is 0 Å².